The van der Waals surface area contributed by atoms with Crippen LogP contribution in [0.2, 0.25) is 20.1 Å². The van der Waals surface area contributed by atoms with E-state index in [2.05, 4.69) is 5.32 Å². The topological polar surface area (TPSA) is 47.6 Å². The van der Waals surface area contributed by atoms with Gasteiger partial charge in [0, 0.05) is 16.1 Å². The zero-order chi connectivity index (χ0) is 21.7. The summed E-state index contributed by atoms with van der Waals surface area (Å²) in [4.78, 5) is 12.8. The number of carbonyl (C=O) groups is 1. The zero-order valence-corrected chi connectivity index (χ0v) is 18.9. The summed E-state index contributed by atoms with van der Waals surface area (Å²) in [5.41, 5.74) is 1.48. The summed E-state index contributed by atoms with van der Waals surface area (Å²) in [7, 11) is 0. The molecule has 3 rings (SSSR count). The Balaban J connectivity index is 1.82. The van der Waals surface area contributed by atoms with Gasteiger partial charge in [0.05, 0.1) is 27.4 Å². The van der Waals surface area contributed by atoms with Gasteiger partial charge in [-0.25, -0.2) is 0 Å². The van der Waals surface area contributed by atoms with Gasteiger partial charge in [0.2, 0.25) is 0 Å². The minimum Gasteiger partial charge on any atom is -0.493 e. The van der Waals surface area contributed by atoms with Gasteiger partial charge in [-0.2, -0.15) is 0 Å². The molecule has 0 aliphatic heterocycles. The first kappa shape index (κ1) is 22.6. The van der Waals surface area contributed by atoms with Gasteiger partial charge in [-0.15, -0.1) is 0 Å². The number of halogens is 4. The van der Waals surface area contributed by atoms with Crippen molar-refractivity contribution in [2.45, 2.75) is 13.5 Å². The van der Waals surface area contributed by atoms with Crippen molar-refractivity contribution in [3.05, 3.63) is 85.8 Å². The molecule has 156 valence electrons. The van der Waals surface area contributed by atoms with Gasteiger partial charge in [-0.3, -0.25) is 4.79 Å². The Bertz CT molecular complexity index is 1070. The van der Waals surface area contributed by atoms with Crippen molar-refractivity contribution < 1.29 is 14.3 Å². The quantitative estimate of drug-likeness (QED) is 0.352. The van der Waals surface area contributed by atoms with E-state index < -0.39 is 0 Å². The van der Waals surface area contributed by atoms with Gasteiger partial charge in [0.15, 0.2) is 0 Å². The maximum atomic E-state index is 12.8. The van der Waals surface area contributed by atoms with Crippen LogP contribution in [-0.2, 0) is 6.61 Å². The van der Waals surface area contributed by atoms with Gasteiger partial charge in [0.1, 0.15) is 18.1 Å². The lowest BCUT2D eigenvalue weighted by Gasteiger charge is -2.14. The largest absolute Gasteiger partial charge is 0.493 e. The molecule has 0 bridgehead atoms. The smallest absolute Gasteiger partial charge is 0.255 e. The second kappa shape index (κ2) is 10.3. The number of amides is 1. The first-order valence-corrected chi connectivity index (χ1v) is 10.5. The highest BCUT2D eigenvalue weighted by molar-refractivity contribution is 6.44. The average molecular weight is 485 g/mol. The van der Waals surface area contributed by atoms with Crippen molar-refractivity contribution in [2.24, 2.45) is 0 Å². The van der Waals surface area contributed by atoms with Crippen LogP contribution < -0.4 is 14.8 Å². The number of nitrogens with one attached hydrogen (secondary N) is 1. The molecule has 1 amide bonds. The van der Waals surface area contributed by atoms with E-state index in [4.69, 9.17) is 55.9 Å². The molecule has 0 saturated carbocycles. The second-order valence-electron chi connectivity index (χ2n) is 6.20. The highest BCUT2D eigenvalue weighted by atomic mass is 35.5. The van der Waals surface area contributed by atoms with Gasteiger partial charge >= 0.3 is 0 Å². The van der Waals surface area contributed by atoms with Gasteiger partial charge in [0.25, 0.3) is 5.91 Å². The Morgan fingerprint density at radius 3 is 2.40 bits per heavy atom. The molecule has 0 fully saturated rings. The van der Waals surface area contributed by atoms with Gasteiger partial charge in [-0.1, -0.05) is 52.5 Å². The van der Waals surface area contributed by atoms with Crippen LogP contribution in [-0.4, -0.2) is 12.5 Å². The number of benzene rings is 3. The molecule has 0 unspecified atom stereocenters. The van der Waals surface area contributed by atoms with Crippen LogP contribution in [0.5, 0.6) is 11.5 Å². The maximum Gasteiger partial charge on any atom is 0.255 e. The Kier molecular flexibility index (Phi) is 7.73. The predicted octanol–water partition coefficient (Wildman–Crippen LogP) is 7.53. The van der Waals surface area contributed by atoms with Crippen molar-refractivity contribution >= 4 is 58.0 Å². The molecule has 0 aliphatic carbocycles. The summed E-state index contributed by atoms with van der Waals surface area (Å²) in [5, 5.41) is 4.20. The molecule has 0 saturated heterocycles. The van der Waals surface area contributed by atoms with Crippen molar-refractivity contribution in [2.75, 3.05) is 11.9 Å². The van der Waals surface area contributed by atoms with E-state index in [9.17, 15) is 4.79 Å². The first-order chi connectivity index (χ1) is 14.4. The second-order valence-corrected chi connectivity index (χ2v) is 7.86. The summed E-state index contributed by atoms with van der Waals surface area (Å²) in [6.45, 7) is 2.56. The molecular formula is C22H17Cl4NO3. The number of ether oxygens (including phenoxy) is 2. The Morgan fingerprint density at radius 2 is 1.67 bits per heavy atom. The van der Waals surface area contributed by atoms with Crippen molar-refractivity contribution in [3.63, 3.8) is 0 Å². The van der Waals surface area contributed by atoms with E-state index in [0.29, 0.717) is 50.0 Å². The average Bonchev–Trinajstić information content (AvgIpc) is 2.71. The Labute approximate surface area is 194 Å². The molecule has 0 aliphatic rings. The molecule has 3 aromatic rings. The van der Waals surface area contributed by atoms with Gasteiger partial charge in [-0.05, 0) is 55.5 Å². The normalized spacial score (nSPS) is 10.6. The fraction of sp³-hybridized carbons (Fsp3) is 0.136. The van der Waals surface area contributed by atoms with Crippen molar-refractivity contribution in [3.8, 4) is 11.5 Å². The molecule has 1 N–H and O–H groups in total. The zero-order valence-electron chi connectivity index (χ0n) is 15.8. The molecule has 4 nitrogen and oxygen atoms in total. The van der Waals surface area contributed by atoms with E-state index >= 15 is 0 Å². The minimum absolute atomic E-state index is 0.199. The SMILES string of the molecule is CCOc1ccc(C(=O)Nc2cc(Cl)c(Cl)cc2Cl)cc1COc1cccc(Cl)c1. The van der Waals surface area contributed by atoms with Crippen LogP contribution in [0.15, 0.2) is 54.6 Å². The van der Waals surface area contributed by atoms with E-state index in [1.54, 1.807) is 42.5 Å². The Morgan fingerprint density at radius 1 is 0.900 bits per heavy atom. The number of carbonyl (C=O) groups excluding carboxylic acids is 1. The molecule has 0 radical (unpaired) electrons. The fourth-order valence-corrected chi connectivity index (χ4v) is 3.43. The number of rotatable bonds is 7. The highest BCUT2D eigenvalue weighted by Gasteiger charge is 2.14. The highest BCUT2D eigenvalue weighted by Crippen LogP contribution is 2.33. The standard InChI is InChI=1S/C22H17Cl4NO3/c1-2-29-21-7-6-13(8-14(21)12-30-16-5-3-4-15(23)9-16)22(28)27-20-11-18(25)17(24)10-19(20)26/h3-11H,2,12H2,1H3,(H,27,28). The Hall–Kier alpha value is -2.11. The minimum atomic E-state index is -0.359. The third-order valence-corrected chi connectivity index (χ3v) is 5.34. The van der Waals surface area contributed by atoms with Crippen LogP contribution in [0.1, 0.15) is 22.8 Å². The van der Waals surface area contributed by atoms with E-state index in [-0.39, 0.29) is 17.5 Å². The molecule has 3 aromatic carbocycles. The number of hydrogen-bond acceptors (Lipinski definition) is 3. The summed E-state index contributed by atoms with van der Waals surface area (Å²) in [6, 6.07) is 15.1. The predicted molar refractivity (Wildman–Crippen MR) is 123 cm³/mol. The van der Waals surface area contributed by atoms with Crippen molar-refractivity contribution in [1.82, 2.24) is 0 Å². The lowest BCUT2D eigenvalue weighted by molar-refractivity contribution is 0.102. The van der Waals surface area contributed by atoms with Crippen LogP contribution in [0.3, 0.4) is 0 Å². The molecule has 0 heterocycles. The summed E-state index contributed by atoms with van der Waals surface area (Å²) < 4.78 is 11.5. The third kappa shape index (κ3) is 5.73. The van der Waals surface area contributed by atoms with E-state index in [0.717, 1.165) is 0 Å². The van der Waals surface area contributed by atoms with E-state index in [1.807, 2.05) is 6.92 Å². The van der Waals surface area contributed by atoms with Crippen LogP contribution in [0, 0.1) is 0 Å². The molecule has 0 aromatic heterocycles. The van der Waals surface area contributed by atoms with Gasteiger partial charge < -0.3 is 14.8 Å². The monoisotopic (exact) mass is 483 g/mol. The van der Waals surface area contributed by atoms with E-state index in [1.165, 1.54) is 12.1 Å². The number of hydrogen-bond donors (Lipinski definition) is 1. The summed E-state index contributed by atoms with van der Waals surface area (Å²) in [6.07, 6.45) is 0. The van der Waals surface area contributed by atoms with Crippen LogP contribution in [0.25, 0.3) is 0 Å². The number of anilines is 1. The summed E-state index contributed by atoms with van der Waals surface area (Å²) in [5.74, 6) is 0.883. The summed E-state index contributed by atoms with van der Waals surface area (Å²) >= 11 is 24.1. The molecule has 0 spiro atoms. The van der Waals surface area contributed by atoms with Crippen molar-refractivity contribution in [1.29, 1.82) is 0 Å². The molecular weight excluding hydrogens is 468 g/mol. The fourth-order valence-electron chi connectivity index (χ4n) is 2.66. The lowest BCUT2D eigenvalue weighted by Crippen LogP contribution is -2.13. The maximum absolute atomic E-state index is 12.8. The molecule has 0 atom stereocenters. The third-order valence-electron chi connectivity index (χ3n) is 4.07. The first-order valence-electron chi connectivity index (χ1n) is 8.97. The lowest BCUT2D eigenvalue weighted by atomic mass is 10.1. The van der Waals surface area contributed by atoms with Crippen LogP contribution >= 0.6 is 46.4 Å². The molecule has 8 heteroatoms. The van der Waals surface area contributed by atoms with Crippen LogP contribution in [0.4, 0.5) is 5.69 Å². The molecule has 30 heavy (non-hydrogen) atoms.